The summed E-state index contributed by atoms with van der Waals surface area (Å²) in [5, 5.41) is 47.1. The van der Waals surface area contributed by atoms with Crippen LogP contribution >= 0.6 is 0 Å². The lowest BCUT2D eigenvalue weighted by Gasteiger charge is -2.43. The van der Waals surface area contributed by atoms with Crippen molar-refractivity contribution in [3.05, 3.63) is 102 Å². The summed E-state index contributed by atoms with van der Waals surface area (Å²) in [7, 11) is 1.68. The van der Waals surface area contributed by atoms with E-state index in [4.69, 9.17) is 34.4 Å². The normalized spacial score (nSPS) is 29.3. The quantitative estimate of drug-likeness (QED) is 0.111. The maximum atomic E-state index is 11.9. The number of hydrogen-bond acceptors (Lipinski definition) is 12. The van der Waals surface area contributed by atoms with Crippen LogP contribution in [-0.2, 0) is 6.61 Å². The number of hydrogen-bond donors (Lipinski definition) is 3. The van der Waals surface area contributed by atoms with Crippen LogP contribution in [0.4, 0.5) is 0 Å². The van der Waals surface area contributed by atoms with Crippen molar-refractivity contribution in [2.75, 3.05) is 33.3 Å². The molecule has 9 heterocycles. The topological polar surface area (TPSA) is 146 Å². The van der Waals surface area contributed by atoms with Gasteiger partial charge in [-0.1, -0.05) is 32.0 Å². The highest BCUT2D eigenvalue weighted by molar-refractivity contribution is 5.91. The Morgan fingerprint density at radius 3 is 1.68 bits per heavy atom. The van der Waals surface area contributed by atoms with E-state index in [2.05, 4.69) is 23.6 Å². The van der Waals surface area contributed by atoms with E-state index in [-0.39, 0.29) is 30.5 Å². The zero-order chi connectivity index (χ0) is 42.6. The molecule has 0 amide bonds. The molecule has 12 heteroatoms. The zero-order valence-electron chi connectivity index (χ0n) is 36.0. The number of aromatic nitrogens is 4. The number of nitrogens with zero attached hydrogens (tertiary/aromatic N) is 6. The lowest BCUT2D eigenvalue weighted by Crippen LogP contribution is -2.47. The van der Waals surface area contributed by atoms with Gasteiger partial charge in [0, 0.05) is 47.4 Å². The molecule has 12 nitrogen and oxygen atoms in total. The molecule has 0 aliphatic carbocycles. The number of ether oxygens (including phenoxy) is 3. The molecule has 10 atom stereocenters. The first-order valence-corrected chi connectivity index (χ1v) is 22.6. The van der Waals surface area contributed by atoms with E-state index >= 15 is 0 Å². The summed E-state index contributed by atoms with van der Waals surface area (Å²) in [6.45, 7) is 7.39. The Balaban J connectivity index is 1.08. The van der Waals surface area contributed by atoms with Crippen LogP contribution in [0.2, 0.25) is 0 Å². The Kier molecular flexibility index (Phi) is 11.0. The van der Waals surface area contributed by atoms with Gasteiger partial charge in [0.05, 0.1) is 58.8 Å². The second-order valence-corrected chi connectivity index (χ2v) is 18.2. The first kappa shape index (κ1) is 41.1. The summed E-state index contributed by atoms with van der Waals surface area (Å²) in [5.74, 6) is 1.81. The molecule has 3 aromatic carbocycles. The third-order valence-corrected chi connectivity index (χ3v) is 15.3. The van der Waals surface area contributed by atoms with Crippen LogP contribution in [0.25, 0.3) is 32.6 Å². The second-order valence-electron chi connectivity index (χ2n) is 18.2. The summed E-state index contributed by atoms with van der Waals surface area (Å²) < 4.78 is 20.3. The van der Waals surface area contributed by atoms with E-state index in [0.29, 0.717) is 24.6 Å². The lowest BCUT2D eigenvalue weighted by molar-refractivity contribution is -0.0409. The molecule has 3 N–H and O–H groups in total. The molecular formula is C50H58N6O6. The van der Waals surface area contributed by atoms with Gasteiger partial charge in [0.15, 0.2) is 0 Å². The number of pyridine rings is 2. The van der Waals surface area contributed by atoms with Crippen molar-refractivity contribution < 1.29 is 29.5 Å². The standard InChI is InChI=1S/C50H58N6O6/c1-4-49(58)18-24-55-22-16-32(49)27-43(55)45(35-14-20-51-41-12-10-31(30-57)26-39(35)41)61-47-37-8-6-7-9-38(37)48(54-53-47)62-46(36-15-21-52-42-13-11-34(60-3)29-40(36)42)44-28-33-17-23-56(44)25-19-50(33,59)5-2/h6-15,20-21,26,29,32-33,43-46,57-59H,4-5,16-19,22-25,27-28,30H2,1-3H3/t32?,33?,43-,44-,45-,46+,49?,50?/m1/s1. The second kappa shape index (κ2) is 16.6. The number of benzene rings is 3. The average molecular weight is 839 g/mol. The fraction of sp³-hybridized carbons (Fsp3) is 0.480. The lowest BCUT2D eigenvalue weighted by atomic mass is 9.76. The monoisotopic (exact) mass is 838 g/mol. The SMILES string of the molecule is CCC1(O)CCN2CCC1C[C@@H]2[C@H](Oc1nnc(O[C@@H](c2ccnc3ccc(OC)cc23)[C@H]2CC3CCN2CCC3(O)CC)c2ccccc12)c1ccnc2ccc(CO)cc12. The van der Waals surface area contributed by atoms with E-state index in [1.807, 2.05) is 85.2 Å². The summed E-state index contributed by atoms with van der Waals surface area (Å²) in [4.78, 5) is 14.4. The van der Waals surface area contributed by atoms with Gasteiger partial charge in [-0.3, -0.25) is 19.8 Å². The molecule has 6 fully saturated rings. The molecular weight excluding hydrogens is 781 g/mol. The van der Waals surface area contributed by atoms with E-state index in [0.717, 1.165) is 120 Å². The molecule has 6 unspecified atom stereocenters. The fourth-order valence-electron chi connectivity index (χ4n) is 11.5. The van der Waals surface area contributed by atoms with Crippen LogP contribution in [0.1, 0.15) is 94.1 Å². The van der Waals surface area contributed by atoms with Crippen LogP contribution in [0.3, 0.4) is 0 Å². The van der Waals surface area contributed by atoms with Crippen molar-refractivity contribution in [2.45, 2.75) is 107 Å². The van der Waals surface area contributed by atoms with Gasteiger partial charge in [-0.25, -0.2) is 0 Å². The average Bonchev–Trinajstić information content (AvgIpc) is 3.72. The molecule has 12 rings (SSSR count). The number of aliphatic hydroxyl groups is 3. The van der Waals surface area contributed by atoms with Crippen molar-refractivity contribution >= 4 is 32.6 Å². The van der Waals surface area contributed by atoms with Crippen LogP contribution in [0.15, 0.2) is 85.2 Å². The maximum Gasteiger partial charge on any atom is 0.242 e. The molecule has 0 saturated carbocycles. The third kappa shape index (κ3) is 7.23. The van der Waals surface area contributed by atoms with Crippen molar-refractivity contribution in [3.8, 4) is 17.5 Å². The van der Waals surface area contributed by atoms with Crippen molar-refractivity contribution in [3.63, 3.8) is 0 Å². The Hall–Kier alpha value is -4.98. The Morgan fingerprint density at radius 2 is 1.18 bits per heavy atom. The predicted octanol–water partition coefficient (Wildman–Crippen LogP) is 7.72. The number of fused-ring (bicyclic) bond motifs is 11. The van der Waals surface area contributed by atoms with Gasteiger partial charge in [0.1, 0.15) is 18.0 Å². The number of methoxy groups -OCH3 is 1. The van der Waals surface area contributed by atoms with Gasteiger partial charge < -0.3 is 29.5 Å². The summed E-state index contributed by atoms with van der Waals surface area (Å²) in [5.41, 5.74) is 2.95. The van der Waals surface area contributed by atoms with E-state index < -0.39 is 23.4 Å². The Bertz CT molecular complexity index is 2420. The van der Waals surface area contributed by atoms with Gasteiger partial charge in [0.2, 0.25) is 11.8 Å². The minimum atomic E-state index is -0.728. The van der Waals surface area contributed by atoms with Crippen LogP contribution in [-0.4, -0.2) is 102 Å². The summed E-state index contributed by atoms with van der Waals surface area (Å²) >= 11 is 0. The highest BCUT2D eigenvalue weighted by Gasteiger charge is 2.49. The first-order valence-electron chi connectivity index (χ1n) is 22.6. The molecule has 62 heavy (non-hydrogen) atoms. The number of rotatable bonds is 12. The molecule has 324 valence electrons. The Labute approximate surface area is 362 Å². The minimum Gasteiger partial charge on any atom is -0.497 e. The van der Waals surface area contributed by atoms with Crippen LogP contribution in [0.5, 0.6) is 17.5 Å². The Morgan fingerprint density at radius 1 is 0.661 bits per heavy atom. The molecule has 6 aliphatic heterocycles. The van der Waals surface area contributed by atoms with E-state index in [1.54, 1.807) is 7.11 Å². The van der Waals surface area contributed by atoms with E-state index in [9.17, 15) is 15.3 Å². The van der Waals surface area contributed by atoms with Crippen molar-refractivity contribution in [1.82, 2.24) is 30.0 Å². The third-order valence-electron chi connectivity index (χ3n) is 15.3. The largest absolute Gasteiger partial charge is 0.497 e. The summed E-state index contributed by atoms with van der Waals surface area (Å²) in [6, 6.07) is 23.8. The smallest absolute Gasteiger partial charge is 0.242 e. The maximum absolute atomic E-state index is 11.9. The van der Waals surface area contributed by atoms with Gasteiger partial charge >= 0.3 is 0 Å². The first-order chi connectivity index (χ1) is 30.2. The molecule has 4 bridgehead atoms. The van der Waals surface area contributed by atoms with Gasteiger partial charge in [-0.2, -0.15) is 0 Å². The molecule has 3 aromatic heterocycles. The van der Waals surface area contributed by atoms with Gasteiger partial charge in [-0.15, -0.1) is 10.2 Å². The van der Waals surface area contributed by atoms with Crippen molar-refractivity contribution in [2.24, 2.45) is 11.8 Å². The predicted molar refractivity (Wildman–Crippen MR) is 238 cm³/mol. The van der Waals surface area contributed by atoms with Crippen LogP contribution < -0.4 is 14.2 Å². The molecule has 0 spiro atoms. The molecule has 0 radical (unpaired) electrons. The molecule has 6 aliphatic rings. The minimum absolute atomic E-state index is 0.0442. The number of piperidine rings is 2. The van der Waals surface area contributed by atoms with Crippen molar-refractivity contribution in [1.29, 1.82) is 0 Å². The molecule has 6 saturated heterocycles. The van der Waals surface area contributed by atoms with Gasteiger partial charge in [0.25, 0.3) is 0 Å². The number of aliphatic hydroxyl groups excluding tert-OH is 1. The highest BCUT2D eigenvalue weighted by atomic mass is 16.5. The zero-order valence-corrected chi connectivity index (χ0v) is 36.0. The van der Waals surface area contributed by atoms with Crippen LogP contribution in [0, 0.1) is 11.8 Å². The van der Waals surface area contributed by atoms with E-state index in [1.165, 1.54) is 0 Å². The summed E-state index contributed by atoms with van der Waals surface area (Å²) in [6.07, 6.45) is 9.01. The fourth-order valence-corrected chi connectivity index (χ4v) is 11.5. The highest BCUT2D eigenvalue weighted by Crippen LogP contribution is 2.48. The van der Waals surface area contributed by atoms with Gasteiger partial charge in [-0.05, 0) is 136 Å². The molecule has 6 aromatic rings.